The number of rotatable bonds is 9. The van der Waals surface area contributed by atoms with Crippen LogP contribution in [0.3, 0.4) is 0 Å². The van der Waals surface area contributed by atoms with Gasteiger partial charge in [-0.05, 0) is 35.6 Å². The normalized spacial score (nSPS) is 12.4. The van der Waals surface area contributed by atoms with Crippen LogP contribution >= 0.6 is 0 Å². The largest absolute Gasteiger partial charge is 0.370 e. The summed E-state index contributed by atoms with van der Waals surface area (Å²) in [6.45, 7) is 0.801. The summed E-state index contributed by atoms with van der Waals surface area (Å²) in [5.41, 5.74) is 9.30. The van der Waals surface area contributed by atoms with E-state index in [1.54, 1.807) is 4.90 Å². The molecule has 0 radical (unpaired) electrons. The van der Waals surface area contributed by atoms with Gasteiger partial charge in [-0.2, -0.15) is 0 Å². The fourth-order valence-electron chi connectivity index (χ4n) is 3.38. The van der Waals surface area contributed by atoms with E-state index in [2.05, 4.69) is 5.32 Å². The average Bonchev–Trinajstić information content (AvgIpc) is 3.05. The zero-order valence-corrected chi connectivity index (χ0v) is 15.8. The molecule has 3 rings (SSSR count). The lowest BCUT2D eigenvalue weighted by Gasteiger charge is -2.22. The predicted octanol–water partition coefficient (Wildman–Crippen LogP) is 2.41. The van der Waals surface area contributed by atoms with Crippen LogP contribution in [0.4, 0.5) is 5.69 Å². The molecule has 146 valence electrons. The number of fused-ring (bicyclic) bond motifs is 1. The van der Waals surface area contributed by atoms with Gasteiger partial charge in [0.1, 0.15) is 0 Å². The molecule has 1 aliphatic heterocycles. The van der Waals surface area contributed by atoms with Crippen molar-refractivity contribution in [3.63, 3.8) is 0 Å². The molecule has 0 saturated carbocycles. The van der Waals surface area contributed by atoms with E-state index in [4.69, 9.17) is 5.73 Å². The molecule has 0 unspecified atom stereocenters. The van der Waals surface area contributed by atoms with E-state index in [0.717, 1.165) is 28.8 Å². The lowest BCUT2D eigenvalue weighted by atomic mass is 10.0. The van der Waals surface area contributed by atoms with Gasteiger partial charge in [0.2, 0.25) is 17.7 Å². The van der Waals surface area contributed by atoms with E-state index < -0.39 is 5.91 Å². The topological polar surface area (TPSA) is 92.5 Å². The van der Waals surface area contributed by atoms with Crippen LogP contribution in [0.15, 0.2) is 48.5 Å². The SMILES string of the molecule is NC(=O)CCN(Cc1ccccc1)C(=O)CCCc1ccc2c(c1)CC(=O)N2. The number of hydrogen-bond donors (Lipinski definition) is 2. The van der Waals surface area contributed by atoms with Gasteiger partial charge in [-0.3, -0.25) is 14.4 Å². The summed E-state index contributed by atoms with van der Waals surface area (Å²) in [5, 5.41) is 2.82. The van der Waals surface area contributed by atoms with Crippen molar-refractivity contribution in [3.8, 4) is 0 Å². The van der Waals surface area contributed by atoms with E-state index in [0.29, 0.717) is 32.4 Å². The fraction of sp³-hybridized carbons (Fsp3) is 0.318. The van der Waals surface area contributed by atoms with Crippen LogP contribution in [-0.2, 0) is 33.8 Å². The van der Waals surface area contributed by atoms with Gasteiger partial charge in [0, 0.05) is 31.6 Å². The molecular formula is C22H25N3O3. The highest BCUT2D eigenvalue weighted by Crippen LogP contribution is 2.24. The molecular weight excluding hydrogens is 354 g/mol. The Morgan fingerprint density at radius 2 is 1.82 bits per heavy atom. The highest BCUT2D eigenvalue weighted by molar-refractivity contribution is 5.99. The molecule has 0 aliphatic carbocycles. The zero-order valence-electron chi connectivity index (χ0n) is 15.8. The number of amides is 3. The summed E-state index contributed by atoms with van der Waals surface area (Å²) in [7, 11) is 0. The monoisotopic (exact) mass is 379 g/mol. The van der Waals surface area contributed by atoms with Crippen LogP contribution in [0.2, 0.25) is 0 Å². The average molecular weight is 379 g/mol. The Balaban J connectivity index is 1.55. The third-order valence-electron chi connectivity index (χ3n) is 4.85. The maximum absolute atomic E-state index is 12.7. The number of carbonyl (C=O) groups is 3. The van der Waals surface area contributed by atoms with E-state index in [9.17, 15) is 14.4 Å². The molecule has 0 saturated heterocycles. The number of nitrogens with one attached hydrogen (secondary N) is 1. The second kappa shape index (κ2) is 9.17. The summed E-state index contributed by atoms with van der Waals surface area (Å²) in [4.78, 5) is 37.0. The standard InChI is InChI=1S/C22H25N3O3/c23-20(26)11-12-25(15-17-5-2-1-3-6-17)22(28)8-4-7-16-9-10-19-18(13-16)14-21(27)24-19/h1-3,5-6,9-10,13H,4,7-8,11-12,14-15H2,(H2,23,26)(H,24,27). The van der Waals surface area contributed by atoms with Gasteiger partial charge in [0.05, 0.1) is 6.42 Å². The Labute approximate surface area is 164 Å². The van der Waals surface area contributed by atoms with Crippen LogP contribution in [0.25, 0.3) is 0 Å². The van der Waals surface area contributed by atoms with Crippen molar-refractivity contribution in [2.75, 3.05) is 11.9 Å². The molecule has 6 nitrogen and oxygen atoms in total. The highest BCUT2D eigenvalue weighted by Gasteiger charge is 2.18. The van der Waals surface area contributed by atoms with Crippen LogP contribution < -0.4 is 11.1 Å². The van der Waals surface area contributed by atoms with Crippen molar-refractivity contribution in [2.45, 2.75) is 38.6 Å². The minimum absolute atomic E-state index is 0.0168. The van der Waals surface area contributed by atoms with Gasteiger partial charge in [0.25, 0.3) is 0 Å². The first-order chi connectivity index (χ1) is 13.5. The van der Waals surface area contributed by atoms with E-state index in [1.807, 2.05) is 48.5 Å². The Hall–Kier alpha value is -3.15. The number of aryl methyl sites for hydroxylation is 1. The van der Waals surface area contributed by atoms with Crippen molar-refractivity contribution >= 4 is 23.4 Å². The molecule has 0 spiro atoms. The first kappa shape index (κ1) is 19.6. The van der Waals surface area contributed by atoms with Gasteiger partial charge >= 0.3 is 0 Å². The van der Waals surface area contributed by atoms with E-state index >= 15 is 0 Å². The second-order valence-corrected chi connectivity index (χ2v) is 7.09. The molecule has 3 amide bonds. The molecule has 2 aromatic carbocycles. The molecule has 28 heavy (non-hydrogen) atoms. The summed E-state index contributed by atoms with van der Waals surface area (Å²) in [5.74, 6) is -0.372. The minimum atomic E-state index is -0.410. The Morgan fingerprint density at radius 3 is 2.57 bits per heavy atom. The summed E-state index contributed by atoms with van der Waals surface area (Å²) >= 11 is 0. The second-order valence-electron chi connectivity index (χ2n) is 7.09. The van der Waals surface area contributed by atoms with Crippen LogP contribution in [0, 0.1) is 0 Å². The van der Waals surface area contributed by atoms with Crippen LogP contribution in [0.1, 0.15) is 36.0 Å². The van der Waals surface area contributed by atoms with Crippen molar-refractivity contribution in [3.05, 3.63) is 65.2 Å². The Bertz CT molecular complexity index is 865. The quantitative estimate of drug-likeness (QED) is 0.701. The van der Waals surface area contributed by atoms with Crippen molar-refractivity contribution < 1.29 is 14.4 Å². The smallest absolute Gasteiger partial charge is 0.228 e. The Kier molecular flexibility index (Phi) is 6.42. The maximum Gasteiger partial charge on any atom is 0.228 e. The number of carbonyl (C=O) groups excluding carboxylic acids is 3. The van der Waals surface area contributed by atoms with Crippen molar-refractivity contribution in [1.29, 1.82) is 0 Å². The Morgan fingerprint density at radius 1 is 1.04 bits per heavy atom. The zero-order chi connectivity index (χ0) is 19.9. The number of hydrogen-bond acceptors (Lipinski definition) is 3. The third kappa shape index (κ3) is 5.42. The molecule has 6 heteroatoms. The minimum Gasteiger partial charge on any atom is -0.370 e. The third-order valence-corrected chi connectivity index (χ3v) is 4.85. The van der Waals surface area contributed by atoms with Gasteiger partial charge in [0.15, 0.2) is 0 Å². The lowest BCUT2D eigenvalue weighted by molar-refractivity contribution is -0.132. The fourth-order valence-corrected chi connectivity index (χ4v) is 3.38. The van der Waals surface area contributed by atoms with Gasteiger partial charge in [-0.1, -0.05) is 42.5 Å². The number of primary amides is 1. The lowest BCUT2D eigenvalue weighted by Crippen LogP contribution is -2.33. The van der Waals surface area contributed by atoms with Gasteiger partial charge in [-0.15, -0.1) is 0 Å². The van der Waals surface area contributed by atoms with Crippen LogP contribution in [0.5, 0.6) is 0 Å². The molecule has 0 fully saturated rings. The maximum atomic E-state index is 12.7. The molecule has 0 bridgehead atoms. The molecule has 0 atom stereocenters. The van der Waals surface area contributed by atoms with Crippen LogP contribution in [-0.4, -0.2) is 29.2 Å². The predicted molar refractivity (Wildman–Crippen MR) is 107 cm³/mol. The summed E-state index contributed by atoms with van der Waals surface area (Å²) in [6, 6.07) is 15.7. The number of nitrogens with two attached hydrogens (primary N) is 1. The molecule has 1 aliphatic rings. The number of benzene rings is 2. The summed E-state index contributed by atoms with van der Waals surface area (Å²) in [6.07, 6.45) is 2.45. The molecule has 2 aromatic rings. The molecule has 0 aromatic heterocycles. The van der Waals surface area contributed by atoms with E-state index in [-0.39, 0.29) is 18.2 Å². The van der Waals surface area contributed by atoms with Crippen molar-refractivity contribution in [2.24, 2.45) is 5.73 Å². The van der Waals surface area contributed by atoms with E-state index in [1.165, 1.54) is 0 Å². The van der Waals surface area contributed by atoms with Gasteiger partial charge in [-0.25, -0.2) is 0 Å². The highest BCUT2D eigenvalue weighted by atomic mass is 16.2. The molecule has 3 N–H and O–H groups in total. The van der Waals surface area contributed by atoms with Crippen molar-refractivity contribution in [1.82, 2.24) is 4.90 Å². The van der Waals surface area contributed by atoms with Gasteiger partial charge < -0.3 is 16.0 Å². The first-order valence-electron chi connectivity index (χ1n) is 9.53. The molecule has 1 heterocycles. The number of nitrogens with zero attached hydrogens (tertiary/aromatic N) is 1. The first-order valence-corrected chi connectivity index (χ1v) is 9.53. The number of anilines is 1. The summed E-state index contributed by atoms with van der Waals surface area (Å²) < 4.78 is 0.